The largest absolute Gasteiger partial charge is 0.478 e. The van der Waals surface area contributed by atoms with Gasteiger partial charge in [0, 0.05) is 16.8 Å². The van der Waals surface area contributed by atoms with Crippen LogP contribution < -0.4 is 5.32 Å². The number of para-hydroxylation sites is 1. The van der Waals surface area contributed by atoms with E-state index in [1.807, 2.05) is 48.5 Å². The highest BCUT2D eigenvalue weighted by molar-refractivity contribution is 7.18. The van der Waals surface area contributed by atoms with E-state index in [0.29, 0.717) is 21.8 Å². The van der Waals surface area contributed by atoms with Crippen molar-refractivity contribution in [3.8, 4) is 32.8 Å². The van der Waals surface area contributed by atoms with Crippen molar-refractivity contribution in [2.24, 2.45) is 0 Å². The van der Waals surface area contributed by atoms with Gasteiger partial charge in [-0.15, -0.1) is 11.3 Å². The highest BCUT2D eigenvalue weighted by atomic mass is 32.1. The molecule has 5 rings (SSSR count). The van der Waals surface area contributed by atoms with Crippen molar-refractivity contribution in [3.05, 3.63) is 114 Å². The Bertz CT molecular complexity index is 1690. The maximum atomic E-state index is 13.8. The van der Waals surface area contributed by atoms with Crippen LogP contribution in [0.25, 0.3) is 26.7 Å². The molecular weight excluding hydrogens is 491 g/mol. The molecule has 1 amide bonds. The molecule has 0 aliphatic heterocycles. The summed E-state index contributed by atoms with van der Waals surface area (Å²) >= 11 is 1.35. The van der Waals surface area contributed by atoms with Crippen molar-refractivity contribution in [3.63, 3.8) is 0 Å². The van der Waals surface area contributed by atoms with Crippen molar-refractivity contribution >= 4 is 28.9 Å². The standard InChI is InChI=1S/C28H17FN4O3S/c29-23-10-9-17(13-19(23)15-30)24-11-12-25(37-24)26-22(16-33(32-26)21-7-2-1-3-8-21)27(34)31-20-6-4-5-18(14-20)28(35)36/h1-14,16H,(H,31,34)(H,35,36). The maximum Gasteiger partial charge on any atom is 0.335 e. The summed E-state index contributed by atoms with van der Waals surface area (Å²) in [6.45, 7) is 0. The Morgan fingerprint density at radius 3 is 2.51 bits per heavy atom. The number of benzene rings is 3. The number of carboxylic acids is 1. The number of hydrogen-bond acceptors (Lipinski definition) is 5. The van der Waals surface area contributed by atoms with Gasteiger partial charge in [-0.05, 0) is 60.2 Å². The van der Waals surface area contributed by atoms with Crippen molar-refractivity contribution < 1.29 is 19.1 Å². The number of nitrogens with one attached hydrogen (secondary N) is 1. The average molecular weight is 509 g/mol. The van der Waals surface area contributed by atoms with Crippen LogP contribution in [0.5, 0.6) is 0 Å². The Morgan fingerprint density at radius 1 is 0.973 bits per heavy atom. The van der Waals surface area contributed by atoms with Crippen LogP contribution in [0.4, 0.5) is 10.1 Å². The molecule has 5 aromatic rings. The Balaban J connectivity index is 1.55. The van der Waals surface area contributed by atoms with E-state index < -0.39 is 17.7 Å². The lowest BCUT2D eigenvalue weighted by Gasteiger charge is -2.06. The van der Waals surface area contributed by atoms with Crippen LogP contribution in [0.3, 0.4) is 0 Å². The van der Waals surface area contributed by atoms with E-state index in [2.05, 4.69) is 10.4 Å². The average Bonchev–Trinajstić information content (AvgIpc) is 3.58. The minimum absolute atomic E-state index is 0.0514. The van der Waals surface area contributed by atoms with Crippen LogP contribution in [0.15, 0.2) is 91.1 Å². The van der Waals surface area contributed by atoms with E-state index in [4.69, 9.17) is 0 Å². The summed E-state index contributed by atoms with van der Waals surface area (Å²) < 4.78 is 15.4. The van der Waals surface area contributed by atoms with Gasteiger partial charge in [0.2, 0.25) is 0 Å². The van der Waals surface area contributed by atoms with E-state index in [1.54, 1.807) is 29.1 Å². The molecule has 2 heterocycles. The molecule has 0 saturated heterocycles. The van der Waals surface area contributed by atoms with Crippen LogP contribution in [0.2, 0.25) is 0 Å². The number of aromatic carboxylic acids is 1. The van der Waals surface area contributed by atoms with Crippen molar-refractivity contribution in [2.75, 3.05) is 5.32 Å². The molecule has 7 nitrogen and oxygen atoms in total. The van der Waals surface area contributed by atoms with Gasteiger partial charge >= 0.3 is 5.97 Å². The third-order valence-corrected chi connectivity index (χ3v) is 6.70. The lowest BCUT2D eigenvalue weighted by atomic mass is 10.1. The minimum Gasteiger partial charge on any atom is -0.478 e. The Kier molecular flexibility index (Phi) is 6.32. The summed E-state index contributed by atoms with van der Waals surface area (Å²) in [7, 11) is 0. The van der Waals surface area contributed by atoms with E-state index >= 15 is 0 Å². The molecule has 3 aromatic carbocycles. The zero-order chi connectivity index (χ0) is 25.9. The molecule has 0 aliphatic rings. The number of halogens is 1. The Hall–Kier alpha value is -5.07. The fourth-order valence-electron chi connectivity index (χ4n) is 3.75. The van der Waals surface area contributed by atoms with Gasteiger partial charge in [-0.3, -0.25) is 4.79 Å². The van der Waals surface area contributed by atoms with Gasteiger partial charge in [-0.1, -0.05) is 30.3 Å². The predicted octanol–water partition coefficient (Wildman–Crippen LogP) is 6.23. The molecule has 0 bridgehead atoms. The lowest BCUT2D eigenvalue weighted by Crippen LogP contribution is -2.12. The van der Waals surface area contributed by atoms with Crippen molar-refractivity contribution in [1.29, 1.82) is 5.26 Å². The summed E-state index contributed by atoms with van der Waals surface area (Å²) in [5, 5.41) is 25.9. The molecule has 37 heavy (non-hydrogen) atoms. The van der Waals surface area contributed by atoms with Gasteiger partial charge in [-0.2, -0.15) is 10.4 Å². The number of aromatic nitrogens is 2. The fourth-order valence-corrected chi connectivity index (χ4v) is 4.75. The van der Waals surface area contributed by atoms with Gasteiger partial charge in [0.15, 0.2) is 0 Å². The first-order valence-electron chi connectivity index (χ1n) is 11.0. The number of carboxylic acid groups (broad SMARTS) is 1. The van der Waals surface area contributed by atoms with Crippen molar-refractivity contribution in [1.82, 2.24) is 9.78 Å². The molecule has 0 spiro atoms. The van der Waals surface area contributed by atoms with Gasteiger partial charge in [0.05, 0.1) is 27.3 Å². The smallest absolute Gasteiger partial charge is 0.335 e. The van der Waals surface area contributed by atoms with Crippen LogP contribution in [0, 0.1) is 17.1 Å². The van der Waals surface area contributed by atoms with Gasteiger partial charge in [0.1, 0.15) is 17.6 Å². The molecule has 2 aromatic heterocycles. The zero-order valence-corrected chi connectivity index (χ0v) is 19.9. The summed E-state index contributed by atoms with van der Waals surface area (Å²) in [6, 6.07) is 25.1. The number of nitriles is 1. The Labute approximate surface area is 214 Å². The van der Waals surface area contributed by atoms with Gasteiger partial charge in [0.25, 0.3) is 5.91 Å². The number of rotatable bonds is 6. The number of hydrogen-bond donors (Lipinski definition) is 2. The van der Waals surface area contributed by atoms with Crippen LogP contribution >= 0.6 is 11.3 Å². The number of nitrogens with zero attached hydrogens (tertiary/aromatic N) is 3. The van der Waals surface area contributed by atoms with Crippen LogP contribution in [-0.4, -0.2) is 26.8 Å². The predicted molar refractivity (Wildman–Crippen MR) is 138 cm³/mol. The molecule has 0 atom stereocenters. The van der Waals surface area contributed by atoms with Crippen LogP contribution in [0.1, 0.15) is 26.3 Å². The minimum atomic E-state index is -1.10. The fraction of sp³-hybridized carbons (Fsp3) is 0. The monoisotopic (exact) mass is 508 g/mol. The first kappa shape index (κ1) is 23.7. The van der Waals surface area contributed by atoms with Crippen molar-refractivity contribution in [2.45, 2.75) is 0 Å². The second-order valence-corrected chi connectivity index (χ2v) is 9.07. The number of amides is 1. The van der Waals surface area contributed by atoms with Crippen LogP contribution in [-0.2, 0) is 0 Å². The first-order chi connectivity index (χ1) is 17.9. The SMILES string of the molecule is N#Cc1cc(-c2ccc(-c3nn(-c4ccccc4)cc3C(=O)Nc3cccc(C(=O)O)c3)s2)ccc1F. The van der Waals surface area contributed by atoms with Gasteiger partial charge in [-0.25, -0.2) is 13.9 Å². The first-order valence-corrected chi connectivity index (χ1v) is 11.8. The molecule has 0 fully saturated rings. The summed E-state index contributed by atoms with van der Waals surface area (Å²) in [4.78, 5) is 26.1. The van der Waals surface area contributed by atoms with Gasteiger partial charge < -0.3 is 10.4 Å². The highest BCUT2D eigenvalue weighted by Gasteiger charge is 2.21. The molecule has 0 unspecified atom stereocenters. The molecule has 2 N–H and O–H groups in total. The summed E-state index contributed by atoms with van der Waals surface area (Å²) in [6.07, 6.45) is 1.62. The molecule has 0 aliphatic carbocycles. The molecule has 0 saturated carbocycles. The summed E-state index contributed by atoms with van der Waals surface area (Å²) in [5.74, 6) is -2.14. The number of thiophene rings is 1. The third-order valence-electron chi connectivity index (χ3n) is 5.56. The Morgan fingerprint density at radius 2 is 1.76 bits per heavy atom. The molecule has 180 valence electrons. The molecular formula is C28H17FN4O3S. The second kappa shape index (κ2) is 9.89. The molecule has 0 radical (unpaired) electrons. The normalized spacial score (nSPS) is 10.6. The quantitative estimate of drug-likeness (QED) is 0.283. The number of carbonyl (C=O) groups excluding carboxylic acids is 1. The maximum absolute atomic E-state index is 13.8. The number of carbonyl (C=O) groups is 2. The summed E-state index contributed by atoms with van der Waals surface area (Å²) in [5.41, 5.74) is 2.48. The third kappa shape index (κ3) is 4.87. The number of anilines is 1. The molecule has 9 heteroatoms. The van der Waals surface area contributed by atoms with E-state index in [0.717, 1.165) is 10.6 Å². The van der Waals surface area contributed by atoms with E-state index in [9.17, 15) is 24.3 Å². The van der Waals surface area contributed by atoms with E-state index in [-0.39, 0.29) is 16.7 Å². The van der Waals surface area contributed by atoms with E-state index in [1.165, 1.54) is 35.6 Å². The lowest BCUT2D eigenvalue weighted by molar-refractivity contribution is 0.0696. The highest BCUT2D eigenvalue weighted by Crippen LogP contribution is 2.36. The zero-order valence-electron chi connectivity index (χ0n) is 19.1. The topological polar surface area (TPSA) is 108 Å². The second-order valence-electron chi connectivity index (χ2n) is 7.98.